The fourth-order valence-corrected chi connectivity index (χ4v) is 2.79. The van der Waals surface area contributed by atoms with Gasteiger partial charge in [-0.15, -0.1) is 0 Å². The third-order valence-corrected chi connectivity index (χ3v) is 4.11. The fraction of sp³-hybridized carbons (Fsp3) is 0.263. The Morgan fingerprint density at radius 3 is 2.48 bits per heavy atom. The Kier molecular flexibility index (Phi) is 4.42. The smallest absolute Gasteiger partial charge is 0.335 e. The van der Waals surface area contributed by atoms with E-state index in [4.69, 9.17) is 5.11 Å². The summed E-state index contributed by atoms with van der Waals surface area (Å²) in [5, 5.41) is 12.1. The van der Waals surface area contributed by atoms with E-state index in [0.29, 0.717) is 11.5 Å². The van der Waals surface area contributed by atoms with Gasteiger partial charge in [0.25, 0.3) is 0 Å². The lowest BCUT2D eigenvalue weighted by Crippen LogP contribution is -2.31. The zero-order valence-corrected chi connectivity index (χ0v) is 12.7. The second kappa shape index (κ2) is 6.65. The van der Waals surface area contributed by atoms with Gasteiger partial charge in [-0.25, -0.2) is 4.79 Å². The van der Waals surface area contributed by atoms with Gasteiger partial charge in [-0.2, -0.15) is 0 Å². The molecule has 0 aromatic heterocycles. The number of carboxylic acid groups (broad SMARTS) is 1. The van der Waals surface area contributed by atoms with E-state index in [-0.39, 0.29) is 23.9 Å². The number of carbonyl (C=O) groups is 2. The van der Waals surface area contributed by atoms with Crippen molar-refractivity contribution in [1.29, 1.82) is 0 Å². The summed E-state index contributed by atoms with van der Waals surface area (Å²) in [6, 6.07) is 16.6. The van der Waals surface area contributed by atoms with Crippen molar-refractivity contribution in [1.82, 2.24) is 5.32 Å². The van der Waals surface area contributed by atoms with Crippen molar-refractivity contribution >= 4 is 11.9 Å². The molecule has 0 aliphatic heterocycles. The topological polar surface area (TPSA) is 66.4 Å². The second-order valence-electron chi connectivity index (χ2n) is 5.98. The lowest BCUT2D eigenvalue weighted by atomic mass is 10.0. The minimum absolute atomic E-state index is 0.0476. The molecule has 0 bridgehead atoms. The number of carbonyl (C=O) groups excluding carboxylic acids is 1. The molecule has 1 amide bonds. The maximum absolute atomic E-state index is 12.4. The molecular weight excluding hydrogens is 290 g/mol. The molecule has 1 saturated carbocycles. The number of hydrogen-bond donors (Lipinski definition) is 2. The van der Waals surface area contributed by atoms with Crippen LogP contribution >= 0.6 is 0 Å². The van der Waals surface area contributed by atoms with Gasteiger partial charge in [0.05, 0.1) is 18.0 Å². The molecule has 4 nitrogen and oxygen atoms in total. The first-order valence-corrected chi connectivity index (χ1v) is 7.80. The van der Waals surface area contributed by atoms with Crippen LogP contribution in [0.2, 0.25) is 0 Å². The maximum atomic E-state index is 12.4. The monoisotopic (exact) mass is 309 g/mol. The summed E-state index contributed by atoms with van der Waals surface area (Å²) in [4.78, 5) is 23.3. The Morgan fingerprint density at radius 2 is 1.83 bits per heavy atom. The van der Waals surface area contributed by atoms with Gasteiger partial charge in [0.2, 0.25) is 5.91 Å². The summed E-state index contributed by atoms with van der Waals surface area (Å²) in [5.74, 6) is -0.549. The van der Waals surface area contributed by atoms with Crippen LogP contribution in [0.3, 0.4) is 0 Å². The number of nitrogens with one attached hydrogen (secondary N) is 1. The SMILES string of the molecule is O=C(Cc1cccc(C(=O)O)c1)NC(c1ccccc1)C1CC1. The normalized spacial score (nSPS) is 15.0. The van der Waals surface area contributed by atoms with Crippen LogP contribution < -0.4 is 5.32 Å². The number of rotatable bonds is 6. The largest absolute Gasteiger partial charge is 0.478 e. The first kappa shape index (κ1) is 15.3. The lowest BCUT2D eigenvalue weighted by Gasteiger charge is -2.19. The molecule has 118 valence electrons. The van der Waals surface area contributed by atoms with Crippen molar-refractivity contribution in [2.24, 2.45) is 5.92 Å². The summed E-state index contributed by atoms with van der Waals surface area (Å²) in [5.41, 5.74) is 2.05. The Morgan fingerprint density at radius 1 is 1.09 bits per heavy atom. The molecule has 1 fully saturated rings. The van der Waals surface area contributed by atoms with Crippen LogP contribution in [-0.4, -0.2) is 17.0 Å². The zero-order chi connectivity index (χ0) is 16.2. The molecule has 2 aromatic carbocycles. The van der Waals surface area contributed by atoms with Gasteiger partial charge < -0.3 is 10.4 Å². The van der Waals surface area contributed by atoms with Gasteiger partial charge in [-0.3, -0.25) is 4.79 Å². The van der Waals surface area contributed by atoms with Crippen LogP contribution in [0.5, 0.6) is 0 Å². The molecule has 2 N–H and O–H groups in total. The fourth-order valence-electron chi connectivity index (χ4n) is 2.79. The molecule has 1 aliphatic rings. The highest BCUT2D eigenvalue weighted by Crippen LogP contribution is 2.40. The van der Waals surface area contributed by atoms with E-state index in [1.807, 2.05) is 30.3 Å². The van der Waals surface area contributed by atoms with E-state index < -0.39 is 5.97 Å². The average molecular weight is 309 g/mol. The molecule has 23 heavy (non-hydrogen) atoms. The van der Waals surface area contributed by atoms with Gasteiger partial charge in [0.1, 0.15) is 0 Å². The van der Waals surface area contributed by atoms with E-state index in [0.717, 1.165) is 18.4 Å². The standard InChI is InChI=1S/C19H19NO3/c21-17(12-13-5-4-8-16(11-13)19(22)23)20-18(15-9-10-15)14-6-2-1-3-7-14/h1-8,11,15,18H,9-10,12H2,(H,20,21)(H,22,23). The molecule has 0 heterocycles. The van der Waals surface area contributed by atoms with Crippen LogP contribution in [0.25, 0.3) is 0 Å². The summed E-state index contributed by atoms with van der Waals surface area (Å²) in [7, 11) is 0. The lowest BCUT2D eigenvalue weighted by molar-refractivity contribution is -0.121. The van der Waals surface area contributed by atoms with Gasteiger partial charge in [0.15, 0.2) is 0 Å². The summed E-state index contributed by atoms with van der Waals surface area (Å²) >= 11 is 0. The summed E-state index contributed by atoms with van der Waals surface area (Å²) < 4.78 is 0. The van der Waals surface area contributed by atoms with E-state index in [1.165, 1.54) is 6.07 Å². The molecule has 3 rings (SSSR count). The molecule has 1 atom stereocenters. The quantitative estimate of drug-likeness (QED) is 0.861. The van der Waals surface area contributed by atoms with Crippen molar-refractivity contribution in [2.45, 2.75) is 25.3 Å². The number of benzene rings is 2. The Hall–Kier alpha value is -2.62. The average Bonchev–Trinajstić information content (AvgIpc) is 3.38. The van der Waals surface area contributed by atoms with Crippen molar-refractivity contribution in [3.05, 3.63) is 71.3 Å². The molecular formula is C19H19NO3. The molecule has 0 saturated heterocycles. The van der Waals surface area contributed by atoms with Gasteiger partial charge >= 0.3 is 5.97 Å². The Balaban J connectivity index is 1.68. The molecule has 2 aromatic rings. The molecule has 1 unspecified atom stereocenters. The molecule has 1 aliphatic carbocycles. The van der Waals surface area contributed by atoms with Crippen LogP contribution in [0.15, 0.2) is 54.6 Å². The highest BCUT2D eigenvalue weighted by atomic mass is 16.4. The predicted octanol–water partition coefficient (Wildman–Crippen LogP) is 3.19. The van der Waals surface area contributed by atoms with Crippen molar-refractivity contribution in [2.75, 3.05) is 0 Å². The second-order valence-corrected chi connectivity index (χ2v) is 5.98. The van der Waals surface area contributed by atoms with Crippen molar-refractivity contribution in [3.8, 4) is 0 Å². The van der Waals surface area contributed by atoms with Crippen molar-refractivity contribution in [3.63, 3.8) is 0 Å². The van der Waals surface area contributed by atoms with E-state index >= 15 is 0 Å². The molecule has 0 radical (unpaired) electrons. The first-order valence-electron chi connectivity index (χ1n) is 7.80. The highest BCUT2D eigenvalue weighted by molar-refractivity contribution is 5.88. The minimum Gasteiger partial charge on any atom is -0.478 e. The zero-order valence-electron chi connectivity index (χ0n) is 12.7. The predicted molar refractivity (Wildman–Crippen MR) is 87.2 cm³/mol. The highest BCUT2D eigenvalue weighted by Gasteiger charge is 2.33. The van der Waals surface area contributed by atoms with Crippen LogP contribution in [0, 0.1) is 5.92 Å². The van der Waals surface area contributed by atoms with Gasteiger partial charge in [-0.05, 0) is 42.0 Å². The maximum Gasteiger partial charge on any atom is 0.335 e. The number of amides is 1. The Labute approximate surface area is 135 Å². The van der Waals surface area contributed by atoms with E-state index in [2.05, 4.69) is 5.32 Å². The summed E-state index contributed by atoms with van der Waals surface area (Å²) in [6.45, 7) is 0. The molecule has 0 spiro atoms. The van der Waals surface area contributed by atoms with E-state index in [1.54, 1.807) is 18.2 Å². The van der Waals surface area contributed by atoms with Crippen LogP contribution in [0.4, 0.5) is 0 Å². The minimum atomic E-state index is -0.979. The number of carboxylic acids is 1. The Bertz CT molecular complexity index is 708. The summed E-state index contributed by atoms with van der Waals surface area (Å²) in [6.07, 6.45) is 2.46. The van der Waals surface area contributed by atoms with Gasteiger partial charge in [0, 0.05) is 0 Å². The number of aromatic carboxylic acids is 1. The van der Waals surface area contributed by atoms with Crippen molar-refractivity contribution < 1.29 is 14.7 Å². The first-order chi connectivity index (χ1) is 11.1. The van der Waals surface area contributed by atoms with Crippen LogP contribution in [-0.2, 0) is 11.2 Å². The third-order valence-electron chi connectivity index (χ3n) is 4.11. The third kappa shape index (κ3) is 3.97. The van der Waals surface area contributed by atoms with E-state index in [9.17, 15) is 9.59 Å². The van der Waals surface area contributed by atoms with Gasteiger partial charge in [-0.1, -0.05) is 42.5 Å². The van der Waals surface area contributed by atoms with Crippen LogP contribution in [0.1, 0.15) is 40.4 Å². The number of hydrogen-bond acceptors (Lipinski definition) is 2. The molecule has 4 heteroatoms.